The van der Waals surface area contributed by atoms with Gasteiger partial charge in [-0.25, -0.2) is 0 Å². The number of nitrogens with zero attached hydrogens (tertiary/aromatic N) is 1. The number of hydrogen-bond donors (Lipinski definition) is 1. The van der Waals surface area contributed by atoms with Crippen molar-refractivity contribution in [3.63, 3.8) is 0 Å². The van der Waals surface area contributed by atoms with Crippen LogP contribution in [0.25, 0.3) is 0 Å². The zero-order valence-corrected chi connectivity index (χ0v) is 12.9. The number of rotatable bonds is 4. The molecule has 0 fully saturated rings. The Morgan fingerprint density at radius 2 is 2.25 bits per heavy atom. The molecule has 0 aliphatic carbocycles. The Morgan fingerprint density at radius 1 is 1.50 bits per heavy atom. The van der Waals surface area contributed by atoms with E-state index in [0.29, 0.717) is 11.4 Å². The summed E-state index contributed by atoms with van der Waals surface area (Å²) in [4.78, 5) is 27.2. The van der Waals surface area contributed by atoms with Crippen molar-refractivity contribution >= 4 is 23.2 Å². The lowest BCUT2D eigenvalue weighted by molar-refractivity contribution is -0.137. The van der Waals surface area contributed by atoms with Gasteiger partial charge in [0.25, 0.3) is 5.91 Å². The second-order valence-corrected chi connectivity index (χ2v) is 6.37. The molecule has 4 nitrogen and oxygen atoms in total. The molecule has 1 aromatic heterocycles. The maximum absolute atomic E-state index is 12.6. The zero-order chi connectivity index (χ0) is 14.8. The van der Waals surface area contributed by atoms with Crippen LogP contribution in [0.2, 0.25) is 0 Å². The molecule has 2 heterocycles. The zero-order valence-electron chi connectivity index (χ0n) is 12.1. The fourth-order valence-electron chi connectivity index (χ4n) is 2.33. The molecule has 0 bridgehead atoms. The van der Waals surface area contributed by atoms with Crippen molar-refractivity contribution in [3.8, 4) is 0 Å². The number of carbonyl (C=O) groups is 2. The van der Waals surface area contributed by atoms with Crippen molar-refractivity contribution in [2.24, 2.45) is 0 Å². The SMILES string of the molecule is CCC1C=CCN1C(=O)C(C)(C)NC(=O)c1cccs1. The van der Waals surface area contributed by atoms with Crippen LogP contribution >= 0.6 is 11.3 Å². The van der Waals surface area contributed by atoms with E-state index in [2.05, 4.69) is 18.3 Å². The van der Waals surface area contributed by atoms with Gasteiger partial charge in [0, 0.05) is 6.54 Å². The van der Waals surface area contributed by atoms with Crippen molar-refractivity contribution < 1.29 is 9.59 Å². The molecular formula is C15H20N2O2S. The molecule has 1 aliphatic heterocycles. The maximum Gasteiger partial charge on any atom is 0.262 e. The number of amides is 2. The largest absolute Gasteiger partial charge is 0.337 e. The topological polar surface area (TPSA) is 49.4 Å². The molecule has 0 aromatic carbocycles. The quantitative estimate of drug-likeness (QED) is 0.867. The van der Waals surface area contributed by atoms with E-state index >= 15 is 0 Å². The van der Waals surface area contributed by atoms with Gasteiger partial charge in [-0.3, -0.25) is 9.59 Å². The predicted molar refractivity (Wildman–Crippen MR) is 80.8 cm³/mol. The van der Waals surface area contributed by atoms with Crippen LogP contribution in [0, 0.1) is 0 Å². The van der Waals surface area contributed by atoms with Crippen LogP contribution in [0.3, 0.4) is 0 Å². The van der Waals surface area contributed by atoms with Crippen molar-refractivity contribution in [2.45, 2.75) is 38.8 Å². The first-order valence-corrected chi connectivity index (χ1v) is 7.67. The number of hydrogen-bond acceptors (Lipinski definition) is 3. The Labute approximate surface area is 123 Å². The summed E-state index contributed by atoms with van der Waals surface area (Å²) in [5.74, 6) is -0.238. The van der Waals surface area contributed by atoms with E-state index in [1.807, 2.05) is 22.4 Å². The van der Waals surface area contributed by atoms with E-state index in [1.54, 1.807) is 19.9 Å². The second kappa shape index (κ2) is 5.79. The van der Waals surface area contributed by atoms with Crippen LogP contribution in [0.15, 0.2) is 29.7 Å². The summed E-state index contributed by atoms with van der Waals surface area (Å²) in [5, 5.41) is 4.68. The van der Waals surface area contributed by atoms with E-state index in [1.165, 1.54) is 11.3 Å². The lowest BCUT2D eigenvalue weighted by Gasteiger charge is -2.33. The third-order valence-corrected chi connectivity index (χ3v) is 4.31. The molecule has 1 unspecified atom stereocenters. The minimum absolute atomic E-state index is 0.0424. The van der Waals surface area contributed by atoms with E-state index in [-0.39, 0.29) is 17.9 Å². The molecule has 0 saturated heterocycles. The smallest absolute Gasteiger partial charge is 0.262 e. The fraction of sp³-hybridized carbons (Fsp3) is 0.467. The lowest BCUT2D eigenvalue weighted by atomic mass is 10.0. The van der Waals surface area contributed by atoms with E-state index < -0.39 is 5.54 Å². The molecule has 0 spiro atoms. The molecular weight excluding hydrogens is 272 g/mol. The highest BCUT2D eigenvalue weighted by molar-refractivity contribution is 7.12. The monoisotopic (exact) mass is 292 g/mol. The highest BCUT2D eigenvalue weighted by Gasteiger charge is 2.36. The fourth-order valence-corrected chi connectivity index (χ4v) is 2.95. The van der Waals surface area contributed by atoms with Crippen LogP contribution in [0.4, 0.5) is 0 Å². The van der Waals surface area contributed by atoms with Crippen molar-refractivity contribution in [1.82, 2.24) is 10.2 Å². The average Bonchev–Trinajstić information content (AvgIpc) is 3.08. The summed E-state index contributed by atoms with van der Waals surface area (Å²) in [6, 6.07) is 3.72. The first kappa shape index (κ1) is 14.8. The Morgan fingerprint density at radius 3 is 2.85 bits per heavy atom. The Bertz CT molecular complexity index is 520. The van der Waals surface area contributed by atoms with Crippen LogP contribution in [-0.2, 0) is 4.79 Å². The summed E-state index contributed by atoms with van der Waals surface area (Å²) >= 11 is 1.37. The van der Waals surface area contributed by atoms with Crippen LogP contribution in [0.1, 0.15) is 36.9 Å². The highest BCUT2D eigenvalue weighted by atomic mass is 32.1. The molecule has 1 N–H and O–H groups in total. The van der Waals surface area contributed by atoms with E-state index in [9.17, 15) is 9.59 Å². The average molecular weight is 292 g/mol. The van der Waals surface area contributed by atoms with Gasteiger partial charge in [0.05, 0.1) is 10.9 Å². The Balaban J connectivity index is 2.06. The van der Waals surface area contributed by atoms with Gasteiger partial charge in [-0.15, -0.1) is 11.3 Å². The van der Waals surface area contributed by atoms with Crippen LogP contribution < -0.4 is 5.32 Å². The van der Waals surface area contributed by atoms with Gasteiger partial charge in [0.2, 0.25) is 5.91 Å². The second-order valence-electron chi connectivity index (χ2n) is 5.42. The summed E-state index contributed by atoms with van der Waals surface area (Å²) < 4.78 is 0. The molecule has 20 heavy (non-hydrogen) atoms. The maximum atomic E-state index is 12.6. The third kappa shape index (κ3) is 2.93. The molecule has 1 aliphatic rings. The van der Waals surface area contributed by atoms with Gasteiger partial charge in [0.1, 0.15) is 5.54 Å². The first-order chi connectivity index (χ1) is 9.45. The van der Waals surface area contributed by atoms with Gasteiger partial charge in [0.15, 0.2) is 0 Å². The number of nitrogens with one attached hydrogen (secondary N) is 1. The Kier molecular flexibility index (Phi) is 4.28. The van der Waals surface area contributed by atoms with Gasteiger partial charge in [-0.1, -0.05) is 25.1 Å². The molecule has 1 atom stereocenters. The molecule has 1 aromatic rings. The van der Waals surface area contributed by atoms with Gasteiger partial charge in [-0.05, 0) is 31.7 Å². The first-order valence-electron chi connectivity index (χ1n) is 6.79. The summed E-state index contributed by atoms with van der Waals surface area (Å²) in [6.45, 7) is 6.19. The minimum Gasteiger partial charge on any atom is -0.337 e. The molecule has 108 valence electrons. The normalized spacial score (nSPS) is 18.4. The molecule has 2 amide bonds. The van der Waals surface area contributed by atoms with Gasteiger partial charge >= 0.3 is 0 Å². The molecule has 5 heteroatoms. The van der Waals surface area contributed by atoms with E-state index in [0.717, 1.165) is 6.42 Å². The van der Waals surface area contributed by atoms with Crippen LogP contribution in [-0.4, -0.2) is 34.8 Å². The summed E-state index contributed by atoms with van der Waals surface area (Å²) in [5.41, 5.74) is -0.902. The molecule has 0 radical (unpaired) electrons. The molecule has 2 rings (SSSR count). The number of carbonyl (C=O) groups excluding carboxylic acids is 2. The summed E-state index contributed by atoms with van der Waals surface area (Å²) in [6.07, 6.45) is 4.94. The lowest BCUT2D eigenvalue weighted by Crippen LogP contribution is -2.56. The van der Waals surface area contributed by atoms with Crippen molar-refractivity contribution in [1.29, 1.82) is 0 Å². The van der Waals surface area contributed by atoms with Gasteiger partial charge < -0.3 is 10.2 Å². The third-order valence-electron chi connectivity index (χ3n) is 3.45. The van der Waals surface area contributed by atoms with Crippen LogP contribution in [0.5, 0.6) is 0 Å². The number of thiophene rings is 1. The van der Waals surface area contributed by atoms with Gasteiger partial charge in [-0.2, -0.15) is 0 Å². The van der Waals surface area contributed by atoms with E-state index in [4.69, 9.17) is 0 Å². The Hall–Kier alpha value is -1.62. The predicted octanol–water partition coefficient (Wildman–Crippen LogP) is 2.43. The highest BCUT2D eigenvalue weighted by Crippen LogP contribution is 2.19. The standard InChI is InChI=1S/C15H20N2O2S/c1-4-11-7-5-9-17(11)14(19)15(2,3)16-13(18)12-8-6-10-20-12/h5-8,10-11H,4,9H2,1-3H3,(H,16,18). The summed E-state index contributed by atoms with van der Waals surface area (Å²) in [7, 11) is 0. The van der Waals surface area contributed by atoms with Crippen molar-refractivity contribution in [3.05, 3.63) is 34.5 Å². The minimum atomic E-state index is -0.902. The van der Waals surface area contributed by atoms with Crippen molar-refractivity contribution in [2.75, 3.05) is 6.54 Å². The molecule has 0 saturated carbocycles.